The van der Waals surface area contributed by atoms with Crippen LogP contribution >= 0.6 is 0 Å². The highest BCUT2D eigenvalue weighted by Gasteiger charge is 2.19. The molecule has 27 heavy (non-hydrogen) atoms. The van der Waals surface area contributed by atoms with Crippen molar-refractivity contribution in [3.05, 3.63) is 53.7 Å². The van der Waals surface area contributed by atoms with E-state index in [1.807, 2.05) is 44.2 Å². The number of hydrogen-bond donors (Lipinski definition) is 2. The minimum Gasteiger partial charge on any atom is -0.508 e. The minimum absolute atomic E-state index is 0.143. The standard InChI is InChI=1S/C21H24N2O4/c1-4-23-14(2)20(16-13-15(24)9-10-17(16)23)21(25)22-11-12-27-19-8-6-5-7-18(19)26-3/h5-10,13,24H,4,11-12H2,1-3H3,(H,22,25). The first kappa shape index (κ1) is 18.6. The second-order valence-corrected chi connectivity index (χ2v) is 6.16. The summed E-state index contributed by atoms with van der Waals surface area (Å²) in [6.45, 7) is 5.37. The number of ether oxygens (including phenoxy) is 2. The first-order valence-electron chi connectivity index (χ1n) is 8.92. The Morgan fingerprint density at radius 1 is 1.19 bits per heavy atom. The quantitative estimate of drug-likeness (QED) is 0.626. The molecule has 0 bridgehead atoms. The molecule has 2 aromatic carbocycles. The number of carbonyl (C=O) groups excluding carboxylic acids is 1. The number of aromatic nitrogens is 1. The lowest BCUT2D eigenvalue weighted by Crippen LogP contribution is -2.28. The van der Waals surface area contributed by atoms with Crippen molar-refractivity contribution in [2.45, 2.75) is 20.4 Å². The topological polar surface area (TPSA) is 72.7 Å². The van der Waals surface area contributed by atoms with Gasteiger partial charge in [0.25, 0.3) is 5.91 Å². The number of carbonyl (C=O) groups is 1. The van der Waals surface area contributed by atoms with Crippen molar-refractivity contribution < 1.29 is 19.4 Å². The van der Waals surface area contributed by atoms with Crippen molar-refractivity contribution in [2.24, 2.45) is 0 Å². The summed E-state index contributed by atoms with van der Waals surface area (Å²) < 4.78 is 13.0. The Morgan fingerprint density at radius 2 is 1.93 bits per heavy atom. The predicted molar refractivity (Wildman–Crippen MR) is 105 cm³/mol. The van der Waals surface area contributed by atoms with E-state index in [-0.39, 0.29) is 11.7 Å². The van der Waals surface area contributed by atoms with Crippen LogP contribution in [0, 0.1) is 6.92 Å². The summed E-state index contributed by atoms with van der Waals surface area (Å²) in [7, 11) is 1.59. The van der Waals surface area contributed by atoms with Crippen LogP contribution in [-0.2, 0) is 6.54 Å². The van der Waals surface area contributed by atoms with E-state index in [1.54, 1.807) is 19.2 Å². The number of amides is 1. The molecule has 0 aliphatic heterocycles. The highest BCUT2D eigenvalue weighted by atomic mass is 16.5. The Labute approximate surface area is 158 Å². The maximum Gasteiger partial charge on any atom is 0.253 e. The molecule has 0 spiro atoms. The number of phenolic OH excluding ortho intramolecular Hbond substituents is 1. The van der Waals surface area contributed by atoms with Crippen LogP contribution in [0.3, 0.4) is 0 Å². The summed E-state index contributed by atoms with van der Waals surface area (Å²) in [6.07, 6.45) is 0. The molecule has 3 aromatic rings. The van der Waals surface area contributed by atoms with Crippen LogP contribution in [-0.4, -0.2) is 35.8 Å². The molecule has 6 heteroatoms. The number of hydrogen-bond acceptors (Lipinski definition) is 4. The van der Waals surface area contributed by atoms with Gasteiger partial charge in [0.05, 0.1) is 19.2 Å². The van der Waals surface area contributed by atoms with Gasteiger partial charge in [0.15, 0.2) is 11.5 Å². The fourth-order valence-electron chi connectivity index (χ4n) is 3.32. The summed E-state index contributed by atoms with van der Waals surface area (Å²) in [5.41, 5.74) is 2.39. The van der Waals surface area contributed by atoms with E-state index in [9.17, 15) is 9.90 Å². The third kappa shape index (κ3) is 3.69. The van der Waals surface area contributed by atoms with E-state index >= 15 is 0 Å². The molecular weight excluding hydrogens is 344 g/mol. The van der Waals surface area contributed by atoms with Crippen molar-refractivity contribution in [3.63, 3.8) is 0 Å². The molecule has 1 aromatic heterocycles. The average molecular weight is 368 g/mol. The Kier molecular flexibility index (Phi) is 5.54. The molecule has 6 nitrogen and oxygen atoms in total. The van der Waals surface area contributed by atoms with Gasteiger partial charge >= 0.3 is 0 Å². The lowest BCUT2D eigenvalue weighted by atomic mass is 10.1. The van der Waals surface area contributed by atoms with Crippen LogP contribution in [0.2, 0.25) is 0 Å². The Balaban J connectivity index is 1.71. The second kappa shape index (κ2) is 8.03. The highest BCUT2D eigenvalue weighted by Crippen LogP contribution is 2.29. The van der Waals surface area contributed by atoms with Crippen LogP contribution < -0.4 is 14.8 Å². The van der Waals surface area contributed by atoms with Crippen LogP contribution in [0.25, 0.3) is 10.9 Å². The second-order valence-electron chi connectivity index (χ2n) is 6.16. The molecule has 0 fully saturated rings. The van der Waals surface area contributed by atoms with Crippen LogP contribution in [0.15, 0.2) is 42.5 Å². The van der Waals surface area contributed by atoms with Crippen molar-refractivity contribution in [1.29, 1.82) is 0 Å². The molecule has 142 valence electrons. The summed E-state index contributed by atoms with van der Waals surface area (Å²) >= 11 is 0. The molecule has 3 rings (SSSR count). The molecule has 0 saturated carbocycles. The van der Waals surface area contributed by atoms with E-state index in [4.69, 9.17) is 9.47 Å². The Hall–Kier alpha value is -3.15. The fourth-order valence-corrected chi connectivity index (χ4v) is 3.32. The molecule has 0 unspecified atom stereocenters. The normalized spacial score (nSPS) is 10.8. The van der Waals surface area contributed by atoms with E-state index in [0.29, 0.717) is 30.2 Å². The molecule has 0 aliphatic rings. The van der Waals surface area contributed by atoms with Gasteiger partial charge in [-0.2, -0.15) is 0 Å². The van der Waals surface area contributed by atoms with Gasteiger partial charge in [-0.3, -0.25) is 4.79 Å². The molecule has 2 N–H and O–H groups in total. The van der Waals surface area contributed by atoms with Crippen LogP contribution in [0.5, 0.6) is 17.2 Å². The molecule has 1 heterocycles. The molecule has 0 saturated heterocycles. The van der Waals surface area contributed by atoms with Gasteiger partial charge in [0.1, 0.15) is 12.4 Å². The zero-order chi connectivity index (χ0) is 19.4. The highest BCUT2D eigenvalue weighted by molar-refractivity contribution is 6.08. The van der Waals surface area contributed by atoms with Gasteiger partial charge in [-0.15, -0.1) is 0 Å². The van der Waals surface area contributed by atoms with Crippen molar-refractivity contribution in [3.8, 4) is 17.2 Å². The summed E-state index contributed by atoms with van der Waals surface area (Å²) in [5.74, 6) is 1.25. The Morgan fingerprint density at radius 3 is 2.63 bits per heavy atom. The van der Waals surface area contributed by atoms with E-state index in [0.717, 1.165) is 23.1 Å². The number of phenols is 1. The van der Waals surface area contributed by atoms with E-state index in [2.05, 4.69) is 9.88 Å². The molecule has 0 atom stereocenters. The number of fused-ring (bicyclic) bond motifs is 1. The number of aryl methyl sites for hydroxylation is 1. The average Bonchev–Trinajstić information content (AvgIpc) is 2.95. The monoisotopic (exact) mass is 368 g/mol. The Bertz CT molecular complexity index is 962. The number of rotatable bonds is 7. The number of benzene rings is 2. The summed E-state index contributed by atoms with van der Waals surface area (Å²) in [5, 5.41) is 13.5. The smallest absolute Gasteiger partial charge is 0.253 e. The number of para-hydroxylation sites is 2. The summed E-state index contributed by atoms with van der Waals surface area (Å²) in [4.78, 5) is 12.8. The zero-order valence-corrected chi connectivity index (χ0v) is 15.8. The van der Waals surface area contributed by atoms with Crippen molar-refractivity contribution >= 4 is 16.8 Å². The van der Waals surface area contributed by atoms with Gasteiger partial charge in [0.2, 0.25) is 0 Å². The van der Waals surface area contributed by atoms with Crippen LogP contribution in [0.1, 0.15) is 23.0 Å². The predicted octanol–water partition coefficient (Wildman–Crippen LogP) is 3.49. The third-order valence-corrected chi connectivity index (χ3v) is 4.56. The number of methoxy groups -OCH3 is 1. The zero-order valence-electron chi connectivity index (χ0n) is 15.8. The first-order valence-corrected chi connectivity index (χ1v) is 8.92. The lowest BCUT2D eigenvalue weighted by molar-refractivity contribution is 0.0947. The van der Waals surface area contributed by atoms with Gasteiger partial charge < -0.3 is 24.5 Å². The molecule has 1 amide bonds. The summed E-state index contributed by atoms with van der Waals surface area (Å²) in [6, 6.07) is 12.5. The lowest BCUT2D eigenvalue weighted by Gasteiger charge is -2.11. The van der Waals surface area contributed by atoms with Gasteiger partial charge in [-0.25, -0.2) is 0 Å². The molecular formula is C21H24N2O4. The SMILES string of the molecule is CCn1c(C)c(C(=O)NCCOc2ccccc2OC)c2cc(O)ccc21. The first-order chi connectivity index (χ1) is 13.1. The maximum absolute atomic E-state index is 12.8. The number of nitrogens with one attached hydrogen (secondary N) is 1. The van der Waals surface area contributed by atoms with Gasteiger partial charge in [-0.1, -0.05) is 12.1 Å². The fraction of sp³-hybridized carbons (Fsp3) is 0.286. The van der Waals surface area contributed by atoms with E-state index < -0.39 is 0 Å². The maximum atomic E-state index is 12.8. The van der Waals surface area contributed by atoms with Crippen LogP contribution in [0.4, 0.5) is 0 Å². The van der Waals surface area contributed by atoms with Crippen molar-refractivity contribution in [2.75, 3.05) is 20.3 Å². The number of nitrogens with zero attached hydrogens (tertiary/aromatic N) is 1. The third-order valence-electron chi connectivity index (χ3n) is 4.56. The largest absolute Gasteiger partial charge is 0.508 e. The minimum atomic E-state index is -0.182. The number of aromatic hydroxyl groups is 1. The van der Waals surface area contributed by atoms with Gasteiger partial charge in [0, 0.05) is 23.1 Å². The van der Waals surface area contributed by atoms with E-state index in [1.165, 1.54) is 0 Å². The molecule has 0 aliphatic carbocycles. The molecule has 0 radical (unpaired) electrons. The van der Waals surface area contributed by atoms with Gasteiger partial charge in [-0.05, 0) is 44.2 Å². The van der Waals surface area contributed by atoms with Crippen molar-refractivity contribution in [1.82, 2.24) is 9.88 Å².